The first-order chi connectivity index (χ1) is 21.6. The maximum Gasteiger partial charge on any atom is 0.271 e. The number of aliphatic hydroxyl groups excluding tert-OH is 2. The Kier molecular flexibility index (Phi) is 12.7. The monoisotopic (exact) mass is 626 g/mol. The van der Waals surface area contributed by atoms with E-state index in [0.717, 1.165) is 12.1 Å². The molecular weight excluding hydrogens is 588 g/mol. The lowest BCUT2D eigenvalue weighted by Gasteiger charge is -2.20. The van der Waals surface area contributed by atoms with Gasteiger partial charge in [-0.25, -0.2) is 0 Å². The lowest BCUT2D eigenvalue weighted by molar-refractivity contribution is 0.0914. The Morgan fingerprint density at radius 1 is 0.711 bits per heavy atom. The van der Waals surface area contributed by atoms with E-state index in [1.165, 1.54) is 21.5 Å². The number of aromatic nitrogens is 2. The summed E-state index contributed by atoms with van der Waals surface area (Å²) in [6.45, 7) is -0.353. The number of nitrogen functional groups attached to an aromatic ring is 1. The van der Waals surface area contributed by atoms with Gasteiger partial charge in [0, 0.05) is 68.0 Å². The quantitative estimate of drug-likeness (QED) is 0.0749. The average molecular weight is 627 g/mol. The summed E-state index contributed by atoms with van der Waals surface area (Å²) < 4.78 is 2.54. The van der Waals surface area contributed by atoms with E-state index in [1.54, 1.807) is 24.3 Å². The fourth-order valence-electron chi connectivity index (χ4n) is 4.65. The van der Waals surface area contributed by atoms with Crippen molar-refractivity contribution in [2.75, 3.05) is 32.0 Å². The van der Waals surface area contributed by atoms with Gasteiger partial charge in [0.05, 0.1) is 13.2 Å². The number of aliphatic hydroxyl groups is 2. The predicted octanol–water partition coefficient (Wildman–Crippen LogP) is -0.493. The van der Waals surface area contributed by atoms with Gasteiger partial charge in [-0.05, 0) is 49.9 Å². The van der Waals surface area contributed by atoms with Crippen LogP contribution in [0.4, 0.5) is 5.69 Å². The summed E-state index contributed by atoms with van der Waals surface area (Å²) in [5, 5.41) is 47.0. The first kappa shape index (κ1) is 34.3. The van der Waals surface area contributed by atoms with Crippen LogP contribution in [0, 0.1) is 0 Å². The van der Waals surface area contributed by atoms with Crippen LogP contribution >= 0.6 is 0 Å². The summed E-state index contributed by atoms with van der Waals surface area (Å²) >= 11 is 0. The minimum absolute atomic E-state index is 0.00422. The van der Waals surface area contributed by atoms with E-state index in [-0.39, 0.29) is 62.7 Å². The Morgan fingerprint density at radius 3 is 1.58 bits per heavy atom. The van der Waals surface area contributed by atoms with Crippen LogP contribution in [0.25, 0.3) is 0 Å². The molecule has 9 N–H and O–H groups in total. The topological polar surface area (TPSA) is 238 Å². The van der Waals surface area contributed by atoms with Crippen LogP contribution in [0.2, 0.25) is 0 Å². The molecule has 0 aliphatic rings. The predicted molar refractivity (Wildman–Crippen MR) is 164 cm³/mol. The van der Waals surface area contributed by atoms with Gasteiger partial charge in [0.2, 0.25) is 10.9 Å². The van der Waals surface area contributed by atoms with Crippen molar-refractivity contribution in [1.29, 1.82) is 0 Å². The average Bonchev–Trinajstić information content (AvgIpc) is 3.01. The van der Waals surface area contributed by atoms with E-state index in [9.17, 15) is 44.4 Å². The number of nitrogens with one attached hydrogen (secondary N) is 3. The van der Waals surface area contributed by atoms with Gasteiger partial charge in [-0.2, -0.15) is 0 Å². The molecule has 0 saturated carbocycles. The standard InChI is InChI=1S/C30H38N6O9/c31-20-7-5-19(6-8-20)28(43)34-21(3-1-11-32-29(44)24-26(41)22(39)9-13-35(24)15-17-37)4-2-12-33-30(45)25-27(42)23(40)10-14-36(25)16-18-38/h5-10,13-14,21,37-38,41-42H,1-4,11-12,15-18,31H2,(H,32,44)(H,33,45)(H,34,43). The third-order valence-electron chi connectivity index (χ3n) is 6.95. The van der Waals surface area contributed by atoms with Gasteiger partial charge in [0.1, 0.15) is 0 Å². The minimum atomic E-state index is -0.731. The second-order valence-electron chi connectivity index (χ2n) is 10.2. The molecule has 45 heavy (non-hydrogen) atoms. The van der Waals surface area contributed by atoms with Gasteiger partial charge < -0.3 is 51.2 Å². The zero-order valence-electron chi connectivity index (χ0n) is 24.6. The third-order valence-corrected chi connectivity index (χ3v) is 6.95. The third kappa shape index (κ3) is 9.42. The van der Waals surface area contributed by atoms with Crippen LogP contribution in [-0.2, 0) is 13.1 Å². The number of nitrogens with zero attached hydrogens (tertiary/aromatic N) is 2. The first-order valence-corrected chi connectivity index (χ1v) is 14.4. The highest BCUT2D eigenvalue weighted by Crippen LogP contribution is 2.14. The highest BCUT2D eigenvalue weighted by molar-refractivity contribution is 5.96. The molecule has 2 aromatic heterocycles. The molecule has 0 radical (unpaired) electrons. The molecule has 0 atom stereocenters. The second kappa shape index (κ2) is 16.6. The van der Waals surface area contributed by atoms with E-state index in [0.29, 0.717) is 36.9 Å². The Bertz CT molecular complexity index is 1510. The number of hydrogen-bond acceptors (Lipinski definition) is 10. The fourth-order valence-corrected chi connectivity index (χ4v) is 4.65. The molecule has 0 spiro atoms. The number of carbonyl (C=O) groups is 3. The highest BCUT2D eigenvalue weighted by atomic mass is 16.3. The van der Waals surface area contributed by atoms with E-state index in [2.05, 4.69) is 16.0 Å². The van der Waals surface area contributed by atoms with Gasteiger partial charge in [-0.1, -0.05) is 0 Å². The van der Waals surface area contributed by atoms with E-state index in [4.69, 9.17) is 5.73 Å². The lowest BCUT2D eigenvalue weighted by atomic mass is 10.0. The lowest BCUT2D eigenvalue weighted by Crippen LogP contribution is -2.37. The normalized spacial score (nSPS) is 10.9. The molecule has 3 amide bonds. The van der Waals surface area contributed by atoms with Gasteiger partial charge in [0.15, 0.2) is 22.9 Å². The number of aromatic hydroxyl groups is 2. The Hall–Kier alpha value is -5.15. The maximum atomic E-state index is 12.9. The smallest absolute Gasteiger partial charge is 0.271 e. The summed E-state index contributed by atoms with van der Waals surface area (Å²) in [4.78, 5) is 62.2. The molecule has 3 rings (SSSR count). The van der Waals surface area contributed by atoms with Crippen LogP contribution in [0.1, 0.15) is 57.0 Å². The first-order valence-electron chi connectivity index (χ1n) is 14.4. The summed E-state index contributed by atoms with van der Waals surface area (Å²) in [5.74, 6) is -3.20. The summed E-state index contributed by atoms with van der Waals surface area (Å²) in [6, 6.07) is 8.15. The van der Waals surface area contributed by atoms with Crippen molar-refractivity contribution in [3.05, 3.63) is 86.2 Å². The summed E-state index contributed by atoms with van der Waals surface area (Å²) in [7, 11) is 0. The van der Waals surface area contributed by atoms with Gasteiger partial charge in [-0.3, -0.25) is 24.0 Å². The second-order valence-corrected chi connectivity index (χ2v) is 10.2. The van der Waals surface area contributed by atoms with Crippen LogP contribution in [0.15, 0.2) is 58.4 Å². The number of nitrogens with two attached hydrogens (primary N) is 1. The number of benzene rings is 1. The molecular formula is C30H38N6O9. The zero-order valence-corrected chi connectivity index (χ0v) is 24.6. The van der Waals surface area contributed by atoms with Gasteiger partial charge in [0.25, 0.3) is 17.7 Å². The molecule has 0 aliphatic carbocycles. The SMILES string of the molecule is Nc1ccc(C(=O)NC(CCCNC(=O)c2c(O)c(=O)ccn2CCO)CCCNC(=O)c2c(O)c(=O)ccn2CCO)cc1. The largest absolute Gasteiger partial charge is 0.503 e. The number of anilines is 1. The molecule has 2 heterocycles. The van der Waals surface area contributed by atoms with Crippen LogP contribution in [0.3, 0.4) is 0 Å². The fraction of sp³-hybridized carbons (Fsp3) is 0.367. The Labute approximate surface area is 257 Å². The Balaban J connectivity index is 1.62. The summed E-state index contributed by atoms with van der Waals surface area (Å²) in [6.07, 6.45) is 4.23. The van der Waals surface area contributed by atoms with E-state index in [1.807, 2.05) is 0 Å². The summed E-state index contributed by atoms with van der Waals surface area (Å²) in [5.41, 5.74) is 4.60. The maximum absolute atomic E-state index is 12.9. The van der Waals surface area contributed by atoms with Crippen molar-refractivity contribution < 1.29 is 34.8 Å². The van der Waals surface area contributed by atoms with Gasteiger partial charge >= 0.3 is 0 Å². The van der Waals surface area contributed by atoms with Crippen LogP contribution in [-0.4, -0.2) is 79.6 Å². The molecule has 0 saturated heterocycles. The number of amides is 3. The molecule has 15 nitrogen and oxygen atoms in total. The van der Waals surface area contributed by atoms with E-state index < -0.39 is 34.2 Å². The van der Waals surface area contributed by atoms with Crippen molar-refractivity contribution in [2.24, 2.45) is 0 Å². The van der Waals surface area contributed by atoms with Crippen molar-refractivity contribution in [1.82, 2.24) is 25.1 Å². The number of hydrogen-bond donors (Lipinski definition) is 8. The van der Waals surface area contributed by atoms with Crippen molar-refractivity contribution in [2.45, 2.75) is 44.8 Å². The number of carbonyl (C=O) groups excluding carboxylic acids is 3. The zero-order chi connectivity index (χ0) is 32.9. The molecule has 0 fully saturated rings. The molecule has 15 heteroatoms. The van der Waals surface area contributed by atoms with Crippen molar-refractivity contribution in [3.63, 3.8) is 0 Å². The minimum Gasteiger partial charge on any atom is -0.503 e. The molecule has 242 valence electrons. The number of rotatable bonds is 16. The molecule has 0 aliphatic heterocycles. The van der Waals surface area contributed by atoms with Crippen LogP contribution in [0.5, 0.6) is 11.5 Å². The molecule has 1 aromatic carbocycles. The number of pyridine rings is 2. The van der Waals surface area contributed by atoms with E-state index >= 15 is 0 Å². The molecule has 0 unspecified atom stereocenters. The molecule has 0 bridgehead atoms. The highest BCUT2D eigenvalue weighted by Gasteiger charge is 2.20. The Morgan fingerprint density at radius 2 is 1.16 bits per heavy atom. The molecule has 3 aromatic rings. The van der Waals surface area contributed by atoms with Crippen molar-refractivity contribution in [3.8, 4) is 11.5 Å². The van der Waals surface area contributed by atoms with Crippen molar-refractivity contribution >= 4 is 23.4 Å². The van der Waals surface area contributed by atoms with Crippen LogP contribution < -0.4 is 32.5 Å². The van der Waals surface area contributed by atoms with Gasteiger partial charge in [-0.15, -0.1) is 0 Å².